The van der Waals surface area contributed by atoms with Gasteiger partial charge >= 0.3 is 5.97 Å². The van der Waals surface area contributed by atoms with Crippen molar-refractivity contribution in [2.24, 2.45) is 5.92 Å². The van der Waals surface area contributed by atoms with E-state index in [-0.39, 0.29) is 23.6 Å². The Kier molecular flexibility index (Phi) is 34.1. The molecule has 125 heavy (non-hydrogen) atoms. The van der Waals surface area contributed by atoms with E-state index < -0.39 is 0 Å². The Morgan fingerprint density at radius 2 is 0.944 bits per heavy atom. The molecule has 1 fully saturated rings. The average molecular weight is 1900 g/mol. The molecule has 0 bridgehead atoms. The van der Waals surface area contributed by atoms with Crippen molar-refractivity contribution < 1.29 is 33.4 Å². The predicted octanol–water partition coefficient (Wildman–Crippen LogP) is 22.8. The highest BCUT2D eigenvalue weighted by molar-refractivity contribution is 9.10. The molecule has 3 atom stereocenters. The van der Waals surface area contributed by atoms with Gasteiger partial charge in [-0.3, -0.25) is 38.7 Å². The Morgan fingerprint density at radius 1 is 0.496 bits per heavy atom. The molecule has 5 aliphatic rings. The monoisotopic (exact) mass is 1900 g/mol. The van der Waals surface area contributed by atoms with Crippen LogP contribution < -0.4 is 26.6 Å². The van der Waals surface area contributed by atoms with E-state index in [4.69, 9.17) is 29.4 Å². The lowest BCUT2D eigenvalue weighted by Crippen LogP contribution is -2.50. The molecule has 12 aromatic rings. The third-order valence-electron chi connectivity index (χ3n) is 24.4. The van der Waals surface area contributed by atoms with Gasteiger partial charge in [-0.1, -0.05) is 92.9 Å². The summed E-state index contributed by atoms with van der Waals surface area (Å²) < 4.78 is 16.2. The Morgan fingerprint density at radius 3 is 1.43 bits per heavy atom. The van der Waals surface area contributed by atoms with Gasteiger partial charge in [0.1, 0.15) is 41.6 Å². The highest BCUT2D eigenvalue weighted by Crippen LogP contribution is 2.50. The number of benzene rings is 4. The zero-order chi connectivity index (χ0) is 87.8. The van der Waals surface area contributed by atoms with Gasteiger partial charge in [-0.25, -0.2) is 19.9 Å². The van der Waals surface area contributed by atoms with Crippen LogP contribution >= 0.6 is 107 Å². The number of esters is 1. The summed E-state index contributed by atoms with van der Waals surface area (Å²) in [5, 5.41) is 22.8. The van der Waals surface area contributed by atoms with Crippen LogP contribution in [0.15, 0.2) is 95.5 Å². The van der Waals surface area contributed by atoms with Gasteiger partial charge in [-0.15, -0.1) is 90.7 Å². The number of ether oxygens (including phenoxy) is 2. The minimum Gasteiger partial charge on any atom is -0.466 e. The summed E-state index contributed by atoms with van der Waals surface area (Å²) in [6.45, 7) is 35.2. The fourth-order valence-corrected chi connectivity index (χ4v) is 26.6. The average Bonchev–Trinajstić information content (AvgIpc) is 1.63. The van der Waals surface area contributed by atoms with Gasteiger partial charge in [0, 0.05) is 184 Å². The van der Waals surface area contributed by atoms with Crippen LogP contribution in [0.5, 0.6) is 0 Å². The Labute approximate surface area is 777 Å². The first-order chi connectivity index (χ1) is 60.6. The standard InChI is InChI=1S/C26H32N2O3S2.C24H30N4O2S2.C24H32N4OS2.C23H27BrN2OS2/c1-4-31-24(30)12-8-5-9-18(29)15-22-25(26-27-20-10-6-7-11-21(20)33-26)19-13-14-28(17(2)3)16-23(19)32-22;1-3-15(2)25-10-8-21(29)27-24-22(23-26-18-6-4-5-7-19(18)31-23)17-9-11-28(12-20(17)32-24)16-13-30-14-16;1-5-16(4)25-12-10-21(29)27-24-22(23-26-18-8-6-7-9-19(18)30-23)17-11-13-28(15(2)3)14-20(17)31-24;1-3-14(2)5-4-6-16(27)12-20-22(17-9-10-25-13-21(17)28-20)23-26-18-11-15(24)7-8-19(18)29-23/h6-7,10-11,17H,4-5,8-9,12-16H2,1-3H3;4-7,15-16,25H,3,8-14H2,1-2H3,(H,27,29);6-9,15-16,25H,5,10-14H2,1-4H3,(H,27,29);7-8,11,14,25H,3-6,9-10,12-13H2,1-2H3/t;;16-;/m..0./s1. The third-order valence-corrected chi connectivity index (χ3v) is 33.8. The highest BCUT2D eigenvalue weighted by atomic mass is 79.9. The van der Waals surface area contributed by atoms with Gasteiger partial charge in [0.05, 0.1) is 66.7 Å². The van der Waals surface area contributed by atoms with Crippen LogP contribution in [0, 0.1) is 5.92 Å². The highest BCUT2D eigenvalue weighted by Gasteiger charge is 2.36. The molecule has 5 aliphatic heterocycles. The summed E-state index contributed by atoms with van der Waals surface area (Å²) in [6.07, 6.45) is 14.4. The number of nitrogens with one attached hydrogen (secondary N) is 5. The summed E-state index contributed by atoms with van der Waals surface area (Å²) in [6, 6.07) is 33.5. The van der Waals surface area contributed by atoms with E-state index in [1.807, 2.05) is 36.5 Å². The SMILES string of the molecule is CCC(C)CCCC(=O)Cc1sc2c(c1-c1nc3cc(Br)ccc3s1)CCNC2.CCC(C)NCCC(=O)Nc1sc2c(c1-c1nc3ccccc3s1)CCN(C1COC1)C2.CCOC(=O)CCCCC(=O)Cc1sc2c(c1-c1nc3ccccc3s1)CCN(C(C)C)C2.CC[C@H](C)NCCC(=O)Nc1sc2c(c1-c1nc3ccccc3s1)CCN(C(C)C)C2. The number of halogens is 1. The number of para-hydroxylation sites is 3. The summed E-state index contributed by atoms with van der Waals surface area (Å²) in [5.41, 5.74) is 14.4. The zero-order valence-electron chi connectivity index (χ0n) is 74.2. The van der Waals surface area contributed by atoms with Crippen molar-refractivity contribution >= 4 is 187 Å². The van der Waals surface area contributed by atoms with Gasteiger partial charge in [-0.2, -0.15) is 0 Å². The molecule has 4 aromatic carbocycles. The summed E-state index contributed by atoms with van der Waals surface area (Å²) >= 11 is 17.5. The number of unbranched alkanes of at least 4 members (excludes halogenated alkanes) is 1. The van der Waals surface area contributed by atoms with E-state index in [2.05, 4.69) is 199 Å². The number of thiazole rings is 4. The van der Waals surface area contributed by atoms with Crippen LogP contribution in [-0.2, 0) is 98.2 Å². The normalized spacial score (nSPS) is 15.5. The molecule has 13 heterocycles. The first kappa shape index (κ1) is 94.3. The van der Waals surface area contributed by atoms with E-state index in [1.165, 1.54) is 83.0 Å². The second-order valence-electron chi connectivity index (χ2n) is 34.0. The van der Waals surface area contributed by atoms with Crippen LogP contribution in [0.3, 0.4) is 0 Å². The quantitative estimate of drug-likeness (QED) is 0.0187. The number of carbonyl (C=O) groups is 5. The van der Waals surface area contributed by atoms with E-state index in [1.54, 1.807) is 79.4 Å². The molecular formula is C97H121BrN12O7S8. The van der Waals surface area contributed by atoms with Gasteiger partial charge in [-0.05, 0) is 196 Å². The molecule has 666 valence electrons. The maximum atomic E-state index is 12.9. The molecule has 17 rings (SSSR count). The molecule has 0 saturated carbocycles. The molecule has 0 radical (unpaired) electrons. The maximum absolute atomic E-state index is 12.9. The minimum atomic E-state index is -0.177. The number of carbonyl (C=O) groups excluding carboxylic acids is 5. The van der Waals surface area contributed by atoms with Crippen LogP contribution in [0.4, 0.5) is 10.0 Å². The number of thiophene rings is 4. The fraction of sp³-hybridized carbons (Fsp3) is 0.495. The fourth-order valence-electron chi connectivity index (χ4n) is 16.4. The van der Waals surface area contributed by atoms with Crippen LogP contribution in [0.1, 0.15) is 205 Å². The number of anilines is 2. The number of hydrogen-bond donors (Lipinski definition) is 5. The first-order valence-electron chi connectivity index (χ1n) is 45.0. The molecule has 5 N–H and O–H groups in total. The molecule has 8 aromatic heterocycles. The molecule has 0 aliphatic carbocycles. The number of fused-ring (bicyclic) bond motifs is 8. The molecule has 1 saturated heterocycles. The second kappa shape index (κ2) is 45.2. The van der Waals surface area contributed by atoms with Crippen LogP contribution in [-0.4, -0.2) is 153 Å². The number of amides is 2. The molecule has 0 spiro atoms. The van der Waals surface area contributed by atoms with Crippen molar-refractivity contribution in [1.82, 2.24) is 50.6 Å². The molecule has 28 heteroatoms. The Balaban J connectivity index is 0.000000136. The van der Waals surface area contributed by atoms with E-state index in [9.17, 15) is 24.0 Å². The Bertz CT molecular complexity index is 5590. The summed E-state index contributed by atoms with van der Waals surface area (Å²) in [4.78, 5) is 97.9. The van der Waals surface area contributed by atoms with Gasteiger partial charge in [0.15, 0.2) is 0 Å². The largest absolute Gasteiger partial charge is 0.466 e. The molecule has 2 amide bonds. The zero-order valence-corrected chi connectivity index (χ0v) is 82.3. The minimum absolute atomic E-state index is 0.0611. The lowest BCUT2D eigenvalue weighted by molar-refractivity contribution is -0.143. The number of nitrogens with zero attached hydrogens (tertiary/aromatic N) is 7. The second-order valence-corrected chi connectivity index (χ2v) is 43.7. The predicted molar refractivity (Wildman–Crippen MR) is 530 cm³/mol. The van der Waals surface area contributed by atoms with Crippen molar-refractivity contribution in [3.63, 3.8) is 0 Å². The Hall–Kier alpha value is -6.81. The van der Waals surface area contributed by atoms with Crippen molar-refractivity contribution in [2.45, 2.75) is 248 Å². The first-order valence-corrected chi connectivity index (χ1v) is 52.4. The lowest BCUT2D eigenvalue weighted by atomic mass is 9.98. The van der Waals surface area contributed by atoms with Crippen LogP contribution in [0.2, 0.25) is 0 Å². The number of aromatic nitrogens is 4. The van der Waals surface area contributed by atoms with Crippen molar-refractivity contribution in [2.75, 3.05) is 69.7 Å². The lowest BCUT2D eigenvalue weighted by Gasteiger charge is -2.39. The van der Waals surface area contributed by atoms with Gasteiger partial charge in [0.2, 0.25) is 11.8 Å². The van der Waals surface area contributed by atoms with Gasteiger partial charge in [0.25, 0.3) is 0 Å². The van der Waals surface area contributed by atoms with E-state index in [0.717, 1.165) is 196 Å². The van der Waals surface area contributed by atoms with Crippen LogP contribution in [0.25, 0.3) is 83.2 Å². The molecular weight excluding hydrogens is 1780 g/mol. The summed E-state index contributed by atoms with van der Waals surface area (Å²) in [7, 11) is 0. The number of Topliss-reactive ketones (excluding diaryl/α,β-unsaturated/α-hetero) is 2. The smallest absolute Gasteiger partial charge is 0.305 e. The topological polar surface area (TPSA) is 225 Å². The number of ketones is 2. The van der Waals surface area contributed by atoms with Gasteiger partial charge < -0.3 is 36.1 Å². The van der Waals surface area contributed by atoms with Crippen molar-refractivity contribution in [3.8, 4) is 42.3 Å². The number of rotatable bonds is 34. The van der Waals surface area contributed by atoms with E-state index >= 15 is 0 Å². The number of hydrogen-bond acceptors (Lipinski definition) is 25. The van der Waals surface area contributed by atoms with Crippen molar-refractivity contribution in [1.29, 1.82) is 0 Å². The summed E-state index contributed by atoms with van der Waals surface area (Å²) in [5.74, 6) is 1.26. The van der Waals surface area contributed by atoms with E-state index in [0.29, 0.717) is 113 Å². The molecule has 19 nitrogen and oxygen atoms in total. The third kappa shape index (κ3) is 24.3. The van der Waals surface area contributed by atoms with Crippen molar-refractivity contribution in [3.05, 3.63) is 147 Å². The molecule has 2 unspecified atom stereocenters. The maximum Gasteiger partial charge on any atom is 0.305 e.